The van der Waals surface area contributed by atoms with Gasteiger partial charge in [0.05, 0.1) is 5.69 Å². The van der Waals surface area contributed by atoms with Crippen molar-refractivity contribution in [1.82, 2.24) is 14.6 Å². The molecule has 0 aliphatic rings. The monoisotopic (exact) mass is 375 g/mol. The zero-order chi connectivity index (χ0) is 19.2. The van der Waals surface area contributed by atoms with E-state index in [1.165, 1.54) is 6.92 Å². The SMILES string of the molecule is Cc1cc(-c2nc3c(C#N)c(C#N)nn3c(C(F)(F)F)c2C)ccc1Cl. The van der Waals surface area contributed by atoms with Gasteiger partial charge in [-0.05, 0) is 31.5 Å². The number of aromatic nitrogens is 3. The van der Waals surface area contributed by atoms with E-state index in [9.17, 15) is 18.4 Å². The predicted octanol–water partition coefficient (Wildman–Crippen LogP) is 4.43. The van der Waals surface area contributed by atoms with E-state index in [0.717, 1.165) is 0 Å². The number of aryl methyl sites for hydroxylation is 1. The lowest BCUT2D eigenvalue weighted by Gasteiger charge is -2.15. The molecule has 0 spiro atoms. The summed E-state index contributed by atoms with van der Waals surface area (Å²) in [5.74, 6) is 0. The molecule has 0 saturated heterocycles. The third kappa shape index (κ3) is 2.65. The van der Waals surface area contributed by atoms with Gasteiger partial charge < -0.3 is 0 Å². The standard InChI is InChI=1S/C17H9ClF3N5/c1-8-5-10(3-4-12(8)18)14-9(2)15(17(19,20)21)26-16(24-14)11(6-22)13(7-23)25-26/h3-5H,1-2H3. The molecule has 0 N–H and O–H groups in total. The Morgan fingerprint density at radius 1 is 1.15 bits per heavy atom. The summed E-state index contributed by atoms with van der Waals surface area (Å²) in [6.45, 7) is 2.99. The molecular formula is C17H9ClF3N5. The van der Waals surface area contributed by atoms with Crippen molar-refractivity contribution in [3.8, 4) is 23.4 Å². The number of nitrogens with zero attached hydrogens (tertiary/aromatic N) is 5. The van der Waals surface area contributed by atoms with E-state index >= 15 is 0 Å². The lowest BCUT2D eigenvalue weighted by atomic mass is 10.0. The van der Waals surface area contributed by atoms with Gasteiger partial charge in [0.2, 0.25) is 0 Å². The van der Waals surface area contributed by atoms with E-state index < -0.39 is 17.6 Å². The fraction of sp³-hybridized carbons (Fsp3) is 0.176. The summed E-state index contributed by atoms with van der Waals surface area (Å²) in [6.07, 6.45) is -4.76. The van der Waals surface area contributed by atoms with E-state index in [0.29, 0.717) is 20.7 Å². The van der Waals surface area contributed by atoms with Crippen molar-refractivity contribution in [3.63, 3.8) is 0 Å². The molecule has 2 heterocycles. The van der Waals surface area contributed by atoms with Gasteiger partial charge in [0.15, 0.2) is 17.0 Å². The highest BCUT2D eigenvalue weighted by Gasteiger charge is 2.38. The van der Waals surface area contributed by atoms with Crippen LogP contribution in [0, 0.1) is 36.5 Å². The molecule has 3 rings (SSSR count). The average Bonchev–Trinajstić information content (AvgIpc) is 2.92. The quantitative estimate of drug-likeness (QED) is 0.630. The van der Waals surface area contributed by atoms with Crippen LogP contribution >= 0.6 is 11.6 Å². The Hall–Kier alpha value is -3.10. The van der Waals surface area contributed by atoms with E-state index in [1.54, 1.807) is 37.3 Å². The van der Waals surface area contributed by atoms with Gasteiger partial charge in [0.1, 0.15) is 17.7 Å². The molecular weight excluding hydrogens is 367 g/mol. The van der Waals surface area contributed by atoms with Gasteiger partial charge in [-0.15, -0.1) is 0 Å². The molecule has 26 heavy (non-hydrogen) atoms. The average molecular weight is 376 g/mol. The lowest BCUT2D eigenvalue weighted by molar-refractivity contribution is -0.143. The highest BCUT2D eigenvalue weighted by Crippen LogP contribution is 2.37. The first-order valence-electron chi connectivity index (χ1n) is 7.26. The van der Waals surface area contributed by atoms with E-state index in [1.807, 2.05) is 0 Å². The van der Waals surface area contributed by atoms with Gasteiger partial charge in [-0.25, -0.2) is 9.50 Å². The van der Waals surface area contributed by atoms with Crippen molar-refractivity contribution >= 4 is 17.2 Å². The Balaban J connectivity index is 2.49. The number of benzene rings is 1. The molecule has 1 aromatic carbocycles. The lowest BCUT2D eigenvalue weighted by Crippen LogP contribution is -2.17. The van der Waals surface area contributed by atoms with Crippen LogP contribution in [0.5, 0.6) is 0 Å². The van der Waals surface area contributed by atoms with E-state index in [2.05, 4.69) is 10.1 Å². The van der Waals surface area contributed by atoms with Crippen LogP contribution in [0.15, 0.2) is 18.2 Å². The molecule has 9 heteroatoms. The summed E-state index contributed by atoms with van der Waals surface area (Å²) in [5.41, 5.74) is -1.13. The summed E-state index contributed by atoms with van der Waals surface area (Å²) in [7, 11) is 0. The van der Waals surface area contributed by atoms with E-state index in [-0.39, 0.29) is 22.5 Å². The summed E-state index contributed by atoms with van der Waals surface area (Å²) >= 11 is 5.98. The van der Waals surface area contributed by atoms with Crippen LogP contribution in [0.4, 0.5) is 13.2 Å². The molecule has 2 aromatic heterocycles. The number of rotatable bonds is 1. The fourth-order valence-electron chi connectivity index (χ4n) is 2.72. The maximum Gasteiger partial charge on any atom is 0.433 e. The number of halogens is 4. The normalized spacial score (nSPS) is 11.4. The predicted molar refractivity (Wildman–Crippen MR) is 87.3 cm³/mol. The highest BCUT2D eigenvalue weighted by atomic mass is 35.5. The molecule has 0 aliphatic heterocycles. The van der Waals surface area contributed by atoms with Crippen molar-refractivity contribution in [1.29, 1.82) is 10.5 Å². The van der Waals surface area contributed by atoms with Gasteiger partial charge in [-0.1, -0.05) is 17.7 Å². The Bertz CT molecular complexity index is 1130. The third-order valence-corrected chi connectivity index (χ3v) is 4.34. The molecule has 0 aliphatic carbocycles. The maximum atomic E-state index is 13.7. The molecule has 0 fully saturated rings. The zero-order valence-electron chi connectivity index (χ0n) is 13.5. The zero-order valence-corrected chi connectivity index (χ0v) is 14.2. The Labute approximate surface area is 150 Å². The van der Waals surface area contributed by atoms with Crippen LogP contribution < -0.4 is 0 Å². The molecule has 0 radical (unpaired) electrons. The van der Waals surface area contributed by atoms with Gasteiger partial charge in [0.25, 0.3) is 0 Å². The second-order valence-corrected chi connectivity index (χ2v) is 5.99. The van der Waals surface area contributed by atoms with Gasteiger partial charge in [-0.2, -0.15) is 28.8 Å². The number of nitriles is 2. The van der Waals surface area contributed by atoms with Gasteiger partial charge in [0, 0.05) is 16.1 Å². The van der Waals surface area contributed by atoms with Crippen LogP contribution in [0.2, 0.25) is 5.02 Å². The van der Waals surface area contributed by atoms with E-state index in [4.69, 9.17) is 16.9 Å². The molecule has 0 bridgehead atoms. The molecule has 130 valence electrons. The topological polar surface area (TPSA) is 77.8 Å². The minimum atomic E-state index is -4.76. The third-order valence-electron chi connectivity index (χ3n) is 3.92. The van der Waals surface area contributed by atoms with Crippen LogP contribution in [-0.2, 0) is 6.18 Å². The summed E-state index contributed by atoms with van der Waals surface area (Å²) in [5, 5.41) is 22.4. The maximum absolute atomic E-state index is 13.7. The van der Waals surface area contributed by atoms with Crippen LogP contribution in [0.25, 0.3) is 16.9 Å². The second-order valence-electron chi connectivity index (χ2n) is 5.58. The number of hydrogen-bond donors (Lipinski definition) is 0. The Morgan fingerprint density at radius 2 is 1.85 bits per heavy atom. The largest absolute Gasteiger partial charge is 0.433 e. The van der Waals surface area contributed by atoms with Crippen molar-refractivity contribution < 1.29 is 13.2 Å². The summed E-state index contributed by atoms with van der Waals surface area (Å²) < 4.78 is 41.6. The van der Waals surface area contributed by atoms with Gasteiger partial charge in [-0.3, -0.25) is 0 Å². The Kier molecular flexibility index (Phi) is 4.09. The molecule has 5 nitrogen and oxygen atoms in total. The molecule has 0 unspecified atom stereocenters. The molecule has 0 saturated carbocycles. The molecule has 3 aromatic rings. The summed E-state index contributed by atoms with van der Waals surface area (Å²) in [4.78, 5) is 4.21. The highest BCUT2D eigenvalue weighted by molar-refractivity contribution is 6.31. The summed E-state index contributed by atoms with van der Waals surface area (Å²) in [6, 6.07) is 8.07. The van der Waals surface area contributed by atoms with Crippen LogP contribution in [0.1, 0.15) is 28.1 Å². The number of alkyl halides is 3. The van der Waals surface area contributed by atoms with Gasteiger partial charge >= 0.3 is 6.18 Å². The smallest absolute Gasteiger partial charge is 0.227 e. The number of hydrogen-bond acceptors (Lipinski definition) is 4. The Morgan fingerprint density at radius 3 is 2.38 bits per heavy atom. The van der Waals surface area contributed by atoms with Crippen LogP contribution in [-0.4, -0.2) is 14.6 Å². The van der Waals surface area contributed by atoms with Crippen molar-refractivity contribution in [3.05, 3.63) is 51.3 Å². The first-order chi connectivity index (χ1) is 12.2. The van der Waals surface area contributed by atoms with Crippen LogP contribution in [0.3, 0.4) is 0 Å². The van der Waals surface area contributed by atoms with Crippen molar-refractivity contribution in [2.75, 3.05) is 0 Å². The molecule has 0 amide bonds. The van der Waals surface area contributed by atoms with Crippen molar-refractivity contribution in [2.24, 2.45) is 0 Å². The molecule has 0 atom stereocenters. The minimum Gasteiger partial charge on any atom is -0.227 e. The number of fused-ring (bicyclic) bond motifs is 1. The first-order valence-corrected chi connectivity index (χ1v) is 7.64. The van der Waals surface area contributed by atoms with Crippen molar-refractivity contribution in [2.45, 2.75) is 20.0 Å². The fourth-order valence-corrected chi connectivity index (χ4v) is 2.83. The second kappa shape index (κ2) is 6.01. The first kappa shape index (κ1) is 17.7. The minimum absolute atomic E-state index is 0.0467.